The van der Waals surface area contributed by atoms with E-state index in [1.165, 1.54) is 0 Å². The molecule has 8 heteroatoms. The summed E-state index contributed by atoms with van der Waals surface area (Å²) in [6.07, 6.45) is 3.48. The summed E-state index contributed by atoms with van der Waals surface area (Å²) >= 11 is 0. The third-order valence-corrected chi connectivity index (χ3v) is 3.45. The van der Waals surface area contributed by atoms with Crippen LogP contribution in [0.15, 0.2) is 36.7 Å². The lowest BCUT2D eigenvalue weighted by atomic mass is 10.1. The van der Waals surface area contributed by atoms with Crippen LogP contribution in [0.2, 0.25) is 0 Å². The summed E-state index contributed by atoms with van der Waals surface area (Å²) in [6.45, 7) is 1.02. The molecule has 8 nitrogen and oxygen atoms in total. The van der Waals surface area contributed by atoms with Crippen molar-refractivity contribution in [2.75, 3.05) is 13.7 Å². The minimum atomic E-state index is -0.463. The minimum absolute atomic E-state index is 0.00482. The molecule has 1 aromatic carbocycles. The van der Waals surface area contributed by atoms with Crippen molar-refractivity contribution >= 4 is 5.91 Å². The van der Waals surface area contributed by atoms with Crippen LogP contribution in [0, 0.1) is 0 Å². The predicted molar refractivity (Wildman–Crippen MR) is 87.8 cm³/mol. The number of methoxy groups -OCH3 is 1. The number of nitrogens with one attached hydrogen (secondary N) is 1. The number of H-pyrrole nitrogens is 1. The Balaban J connectivity index is 1.99. The van der Waals surface area contributed by atoms with Gasteiger partial charge in [-0.15, -0.1) is 0 Å². The van der Waals surface area contributed by atoms with Gasteiger partial charge in [-0.1, -0.05) is 18.2 Å². The number of hydrogen-bond acceptors (Lipinski definition) is 5. The SMILES string of the molecule is COCCn1nc(CC(N)=O)nc1-c1cccc(-c2ncc[nH]2)c1. The van der Waals surface area contributed by atoms with Crippen molar-refractivity contribution in [3.63, 3.8) is 0 Å². The van der Waals surface area contributed by atoms with Crippen LogP contribution < -0.4 is 5.73 Å². The van der Waals surface area contributed by atoms with E-state index in [2.05, 4.69) is 20.1 Å². The molecule has 0 bridgehead atoms. The molecule has 3 aromatic rings. The average molecular weight is 326 g/mol. The first kappa shape index (κ1) is 15.9. The molecule has 24 heavy (non-hydrogen) atoms. The standard InChI is InChI=1S/C16H18N6O2/c1-24-8-7-22-16(20-14(21-22)10-13(17)23)12-4-2-3-11(9-12)15-18-5-6-19-15/h2-6,9H,7-8,10H2,1H3,(H2,17,23)(H,18,19). The van der Waals surface area contributed by atoms with E-state index in [-0.39, 0.29) is 6.42 Å². The molecule has 2 aromatic heterocycles. The molecule has 0 fully saturated rings. The quantitative estimate of drug-likeness (QED) is 0.673. The Bertz CT molecular complexity index is 825. The Labute approximate surface area is 138 Å². The van der Waals surface area contributed by atoms with Gasteiger partial charge in [0.1, 0.15) is 5.82 Å². The maximum atomic E-state index is 11.1. The number of nitrogens with two attached hydrogens (primary N) is 1. The van der Waals surface area contributed by atoms with Crippen LogP contribution in [-0.2, 0) is 22.5 Å². The molecule has 0 radical (unpaired) electrons. The van der Waals surface area contributed by atoms with E-state index >= 15 is 0 Å². The van der Waals surface area contributed by atoms with Gasteiger partial charge in [0.15, 0.2) is 11.6 Å². The van der Waals surface area contributed by atoms with E-state index < -0.39 is 5.91 Å². The van der Waals surface area contributed by atoms with Crippen LogP contribution in [0.25, 0.3) is 22.8 Å². The van der Waals surface area contributed by atoms with E-state index in [4.69, 9.17) is 10.5 Å². The summed E-state index contributed by atoms with van der Waals surface area (Å²) in [5.41, 5.74) is 7.06. The molecule has 3 N–H and O–H groups in total. The number of imidazole rings is 1. The molecule has 0 saturated heterocycles. The average Bonchev–Trinajstić information content (AvgIpc) is 3.22. The number of benzene rings is 1. The highest BCUT2D eigenvalue weighted by Gasteiger charge is 2.14. The van der Waals surface area contributed by atoms with Crippen molar-refractivity contribution in [2.45, 2.75) is 13.0 Å². The van der Waals surface area contributed by atoms with Gasteiger partial charge in [-0.2, -0.15) is 5.10 Å². The topological polar surface area (TPSA) is 112 Å². The van der Waals surface area contributed by atoms with E-state index in [0.29, 0.717) is 24.8 Å². The van der Waals surface area contributed by atoms with Gasteiger partial charge in [0.25, 0.3) is 0 Å². The molecule has 0 aliphatic carbocycles. The highest BCUT2D eigenvalue weighted by atomic mass is 16.5. The van der Waals surface area contributed by atoms with Crippen LogP contribution in [0.4, 0.5) is 0 Å². The summed E-state index contributed by atoms with van der Waals surface area (Å²) in [5.74, 6) is 1.38. The van der Waals surface area contributed by atoms with Crippen LogP contribution in [-0.4, -0.2) is 44.4 Å². The molecule has 2 heterocycles. The van der Waals surface area contributed by atoms with Crippen molar-refractivity contribution in [3.8, 4) is 22.8 Å². The van der Waals surface area contributed by atoms with Crippen molar-refractivity contribution in [3.05, 3.63) is 42.5 Å². The number of carbonyl (C=O) groups is 1. The monoisotopic (exact) mass is 326 g/mol. The second-order valence-electron chi connectivity index (χ2n) is 5.23. The Morgan fingerprint density at radius 3 is 2.92 bits per heavy atom. The number of aromatic amines is 1. The predicted octanol–water partition coefficient (Wildman–Crippen LogP) is 1.01. The van der Waals surface area contributed by atoms with Crippen molar-refractivity contribution in [1.82, 2.24) is 24.7 Å². The summed E-state index contributed by atoms with van der Waals surface area (Å²) < 4.78 is 6.84. The Hall–Kier alpha value is -3.00. The van der Waals surface area contributed by atoms with Crippen molar-refractivity contribution < 1.29 is 9.53 Å². The number of rotatable bonds is 7. The van der Waals surface area contributed by atoms with E-state index in [1.807, 2.05) is 24.3 Å². The number of primary amides is 1. The number of amides is 1. The first-order valence-corrected chi connectivity index (χ1v) is 7.48. The van der Waals surface area contributed by atoms with Gasteiger partial charge in [0, 0.05) is 30.6 Å². The zero-order valence-electron chi connectivity index (χ0n) is 13.3. The van der Waals surface area contributed by atoms with Crippen LogP contribution in [0.3, 0.4) is 0 Å². The molecule has 0 unspecified atom stereocenters. The van der Waals surface area contributed by atoms with Gasteiger partial charge < -0.3 is 15.5 Å². The smallest absolute Gasteiger partial charge is 0.225 e. The van der Waals surface area contributed by atoms with Crippen molar-refractivity contribution in [2.24, 2.45) is 5.73 Å². The number of nitrogens with zero attached hydrogens (tertiary/aromatic N) is 4. The molecule has 0 spiro atoms. The van der Waals surface area contributed by atoms with E-state index in [1.54, 1.807) is 24.2 Å². The second-order valence-corrected chi connectivity index (χ2v) is 5.23. The molecule has 1 amide bonds. The van der Waals surface area contributed by atoms with Gasteiger partial charge in [0.2, 0.25) is 5.91 Å². The molecular weight excluding hydrogens is 308 g/mol. The normalized spacial score (nSPS) is 10.9. The molecule has 0 atom stereocenters. The fourth-order valence-electron chi connectivity index (χ4n) is 2.40. The zero-order chi connectivity index (χ0) is 16.9. The molecule has 3 rings (SSSR count). The first-order valence-electron chi connectivity index (χ1n) is 7.48. The third-order valence-electron chi connectivity index (χ3n) is 3.45. The van der Waals surface area contributed by atoms with Gasteiger partial charge in [-0.25, -0.2) is 14.6 Å². The molecule has 0 aliphatic rings. The molecular formula is C16H18N6O2. The lowest BCUT2D eigenvalue weighted by Gasteiger charge is -2.06. The van der Waals surface area contributed by atoms with E-state index in [0.717, 1.165) is 17.0 Å². The van der Waals surface area contributed by atoms with Gasteiger partial charge in [0.05, 0.1) is 19.6 Å². The number of ether oxygens (including phenoxy) is 1. The van der Waals surface area contributed by atoms with Crippen molar-refractivity contribution in [1.29, 1.82) is 0 Å². The van der Waals surface area contributed by atoms with Gasteiger partial charge in [-0.05, 0) is 6.07 Å². The lowest BCUT2D eigenvalue weighted by Crippen LogP contribution is -2.15. The van der Waals surface area contributed by atoms with Crippen LogP contribution in [0.1, 0.15) is 5.82 Å². The summed E-state index contributed by atoms with van der Waals surface area (Å²) in [4.78, 5) is 22.9. The number of carbonyl (C=O) groups excluding carboxylic acids is 1. The van der Waals surface area contributed by atoms with Crippen LogP contribution in [0.5, 0.6) is 0 Å². The Morgan fingerprint density at radius 2 is 2.21 bits per heavy atom. The Morgan fingerprint density at radius 1 is 1.38 bits per heavy atom. The fourth-order valence-corrected chi connectivity index (χ4v) is 2.40. The highest BCUT2D eigenvalue weighted by Crippen LogP contribution is 2.23. The zero-order valence-corrected chi connectivity index (χ0v) is 13.3. The summed E-state index contributed by atoms with van der Waals surface area (Å²) in [5, 5.41) is 4.36. The first-order chi connectivity index (χ1) is 11.7. The lowest BCUT2D eigenvalue weighted by molar-refractivity contribution is -0.117. The summed E-state index contributed by atoms with van der Waals surface area (Å²) in [6, 6.07) is 7.80. The van der Waals surface area contributed by atoms with E-state index in [9.17, 15) is 4.79 Å². The molecule has 124 valence electrons. The second kappa shape index (κ2) is 7.05. The number of hydrogen-bond donors (Lipinski definition) is 2. The summed E-state index contributed by atoms with van der Waals surface area (Å²) in [7, 11) is 1.62. The Kier molecular flexibility index (Phi) is 4.66. The number of aromatic nitrogens is 5. The highest BCUT2D eigenvalue weighted by molar-refractivity contribution is 5.76. The largest absolute Gasteiger partial charge is 0.383 e. The maximum absolute atomic E-state index is 11.1. The minimum Gasteiger partial charge on any atom is -0.383 e. The maximum Gasteiger partial charge on any atom is 0.225 e. The molecule has 0 aliphatic heterocycles. The fraction of sp³-hybridized carbons (Fsp3) is 0.250. The van der Waals surface area contributed by atoms with Gasteiger partial charge in [-0.3, -0.25) is 4.79 Å². The van der Waals surface area contributed by atoms with Crippen LogP contribution >= 0.6 is 0 Å². The molecule has 0 saturated carbocycles. The van der Waals surface area contributed by atoms with Gasteiger partial charge >= 0.3 is 0 Å². The third kappa shape index (κ3) is 3.49.